The van der Waals surface area contributed by atoms with Crippen molar-refractivity contribution < 1.29 is 38.2 Å². The molecule has 0 aliphatic carbocycles. The fourth-order valence-electron chi connectivity index (χ4n) is 5.79. The highest BCUT2D eigenvalue weighted by molar-refractivity contribution is 5.72. The number of carbonyl (C=O) groups is 3. The van der Waals surface area contributed by atoms with Crippen LogP contribution in [0.2, 0.25) is 0 Å². The SMILES string of the molecule is CC/C=C\C/C=C\C/C=C\C/C=C\CCCCCCCCC(=O)OC(COCCC(C(=O)O)[N+](C)(C)C)COC(=O)CCCCCCCCCCC. The lowest BCUT2D eigenvalue weighted by atomic mass is 10.1. The summed E-state index contributed by atoms with van der Waals surface area (Å²) in [6.07, 6.45) is 40.1. The lowest BCUT2D eigenvalue weighted by Crippen LogP contribution is -2.50. The van der Waals surface area contributed by atoms with E-state index in [1.807, 2.05) is 21.1 Å². The smallest absolute Gasteiger partial charge is 0.362 e. The molecule has 0 aromatic rings. The number of aliphatic carboxylic acids is 1. The van der Waals surface area contributed by atoms with Gasteiger partial charge in [-0.15, -0.1) is 0 Å². The first-order valence-electron chi connectivity index (χ1n) is 20.7. The molecular weight excluding hydrogens is 654 g/mol. The topological polar surface area (TPSA) is 99.1 Å². The van der Waals surface area contributed by atoms with E-state index in [9.17, 15) is 19.5 Å². The number of hydrogen-bond acceptors (Lipinski definition) is 6. The summed E-state index contributed by atoms with van der Waals surface area (Å²) in [7, 11) is 5.51. The molecule has 300 valence electrons. The van der Waals surface area contributed by atoms with Gasteiger partial charge in [0.25, 0.3) is 0 Å². The monoisotopic (exact) mass is 733 g/mol. The van der Waals surface area contributed by atoms with Crippen LogP contribution >= 0.6 is 0 Å². The molecule has 0 saturated heterocycles. The van der Waals surface area contributed by atoms with E-state index < -0.39 is 18.1 Å². The molecule has 1 N–H and O–H groups in total. The van der Waals surface area contributed by atoms with Crippen molar-refractivity contribution in [1.29, 1.82) is 0 Å². The minimum atomic E-state index is -0.879. The van der Waals surface area contributed by atoms with Crippen molar-refractivity contribution >= 4 is 17.9 Å². The standard InChI is InChI=1S/C44H77NO7/c1-6-8-10-12-14-16-17-18-19-20-21-22-23-24-25-27-29-31-33-35-43(47)52-40(38-50-37-36-41(44(48)49)45(3,4)5)39-51-42(46)34-32-30-28-26-15-13-11-9-7-2/h8,10,14,16,18-19,21-22,40-41H,6-7,9,11-13,15,17,20,23-39H2,1-5H3/p+1/b10-8-,16-14-,19-18-,22-21-. The molecule has 0 radical (unpaired) electrons. The summed E-state index contributed by atoms with van der Waals surface area (Å²) in [6, 6.07) is -0.616. The lowest BCUT2D eigenvalue weighted by Gasteiger charge is -2.31. The van der Waals surface area contributed by atoms with Gasteiger partial charge in [-0.25, -0.2) is 4.79 Å². The van der Waals surface area contributed by atoms with Gasteiger partial charge >= 0.3 is 17.9 Å². The predicted molar refractivity (Wildman–Crippen MR) is 215 cm³/mol. The molecule has 0 aliphatic rings. The van der Waals surface area contributed by atoms with Gasteiger partial charge in [-0.05, 0) is 51.4 Å². The van der Waals surface area contributed by atoms with Gasteiger partial charge in [-0.2, -0.15) is 0 Å². The molecule has 0 rings (SSSR count). The van der Waals surface area contributed by atoms with E-state index in [2.05, 4.69) is 62.5 Å². The molecule has 8 nitrogen and oxygen atoms in total. The summed E-state index contributed by atoms with van der Waals surface area (Å²) >= 11 is 0. The van der Waals surface area contributed by atoms with Crippen LogP contribution in [0.15, 0.2) is 48.6 Å². The molecular formula is C44H78NO7+. The zero-order valence-electron chi connectivity index (χ0n) is 34.0. The Morgan fingerprint density at radius 3 is 1.60 bits per heavy atom. The molecule has 52 heavy (non-hydrogen) atoms. The highest BCUT2D eigenvalue weighted by Crippen LogP contribution is 2.13. The van der Waals surface area contributed by atoms with E-state index in [0.29, 0.717) is 19.3 Å². The van der Waals surface area contributed by atoms with Crippen LogP contribution in [0.3, 0.4) is 0 Å². The molecule has 0 aromatic carbocycles. The largest absolute Gasteiger partial charge is 0.477 e. The number of allylic oxidation sites excluding steroid dienone is 8. The second-order valence-corrected chi connectivity index (χ2v) is 14.9. The molecule has 0 fully saturated rings. The number of rotatable bonds is 36. The van der Waals surface area contributed by atoms with Gasteiger partial charge < -0.3 is 23.8 Å². The first-order chi connectivity index (χ1) is 25.1. The molecule has 2 atom stereocenters. The van der Waals surface area contributed by atoms with Gasteiger partial charge in [-0.3, -0.25) is 9.59 Å². The zero-order chi connectivity index (χ0) is 38.5. The van der Waals surface area contributed by atoms with Crippen LogP contribution in [0.25, 0.3) is 0 Å². The normalized spacial score (nSPS) is 13.5. The van der Waals surface area contributed by atoms with Gasteiger partial charge in [0.1, 0.15) is 6.61 Å². The van der Waals surface area contributed by atoms with Crippen LogP contribution in [0.1, 0.15) is 162 Å². The number of quaternary nitrogens is 1. The predicted octanol–water partition coefficient (Wildman–Crippen LogP) is 10.9. The summed E-state index contributed by atoms with van der Waals surface area (Å²) in [5.74, 6) is -1.49. The highest BCUT2D eigenvalue weighted by atomic mass is 16.6. The molecule has 0 saturated carbocycles. The number of carbonyl (C=O) groups excluding carboxylic acids is 2. The second-order valence-electron chi connectivity index (χ2n) is 14.9. The van der Waals surface area contributed by atoms with E-state index in [4.69, 9.17) is 14.2 Å². The Kier molecular flexibility index (Phi) is 33.5. The summed E-state index contributed by atoms with van der Waals surface area (Å²) < 4.78 is 17.2. The third-order valence-corrected chi connectivity index (χ3v) is 8.99. The number of nitrogens with zero attached hydrogens (tertiary/aromatic N) is 1. The number of ether oxygens (including phenoxy) is 3. The van der Waals surface area contributed by atoms with Crippen molar-refractivity contribution in [2.24, 2.45) is 0 Å². The number of carboxylic acids is 1. The van der Waals surface area contributed by atoms with Crippen LogP contribution < -0.4 is 0 Å². The molecule has 0 aromatic heterocycles. The molecule has 0 amide bonds. The van der Waals surface area contributed by atoms with E-state index in [1.54, 1.807) is 0 Å². The van der Waals surface area contributed by atoms with Crippen molar-refractivity contribution in [3.8, 4) is 0 Å². The van der Waals surface area contributed by atoms with E-state index in [1.165, 1.54) is 51.4 Å². The highest BCUT2D eigenvalue weighted by Gasteiger charge is 2.31. The number of hydrogen-bond donors (Lipinski definition) is 1. The van der Waals surface area contributed by atoms with Crippen molar-refractivity contribution in [2.75, 3.05) is 41.0 Å². The minimum Gasteiger partial charge on any atom is -0.477 e. The quantitative estimate of drug-likeness (QED) is 0.0296. The number of esters is 2. The molecule has 0 spiro atoms. The van der Waals surface area contributed by atoms with Crippen LogP contribution in [0.4, 0.5) is 0 Å². The molecule has 0 aliphatic heterocycles. The Morgan fingerprint density at radius 1 is 0.596 bits per heavy atom. The van der Waals surface area contributed by atoms with Crippen LogP contribution in [-0.2, 0) is 28.6 Å². The number of carboxylic acid groups (broad SMARTS) is 1. The van der Waals surface area contributed by atoms with Crippen LogP contribution in [0, 0.1) is 0 Å². The summed E-state index contributed by atoms with van der Waals surface area (Å²) in [5, 5.41) is 9.59. The van der Waals surface area contributed by atoms with Crippen molar-refractivity contribution in [1.82, 2.24) is 0 Å². The third kappa shape index (κ3) is 33.1. The van der Waals surface area contributed by atoms with Crippen molar-refractivity contribution in [3.05, 3.63) is 48.6 Å². The van der Waals surface area contributed by atoms with Gasteiger partial charge in [0.05, 0.1) is 34.4 Å². The fourth-order valence-corrected chi connectivity index (χ4v) is 5.79. The molecule has 8 heteroatoms. The van der Waals surface area contributed by atoms with E-state index >= 15 is 0 Å². The lowest BCUT2D eigenvalue weighted by molar-refractivity contribution is -0.887. The van der Waals surface area contributed by atoms with E-state index in [-0.39, 0.29) is 36.2 Å². The maximum absolute atomic E-state index is 12.7. The van der Waals surface area contributed by atoms with Gasteiger partial charge in [0.15, 0.2) is 12.1 Å². The summed E-state index contributed by atoms with van der Waals surface area (Å²) in [5.41, 5.74) is 0. The van der Waals surface area contributed by atoms with Gasteiger partial charge in [0.2, 0.25) is 0 Å². The Labute approximate surface area is 318 Å². The number of likely N-dealkylation sites (N-methyl/N-ethyl adjacent to an activating group) is 1. The average molecular weight is 733 g/mol. The Morgan fingerprint density at radius 2 is 1.08 bits per heavy atom. The first kappa shape index (κ1) is 49.3. The summed E-state index contributed by atoms with van der Waals surface area (Å²) in [4.78, 5) is 36.8. The van der Waals surface area contributed by atoms with Gasteiger partial charge in [-0.1, -0.05) is 140 Å². The van der Waals surface area contributed by atoms with Crippen molar-refractivity contribution in [2.45, 2.75) is 174 Å². The first-order valence-corrected chi connectivity index (χ1v) is 20.7. The second kappa shape index (κ2) is 35.3. The molecule has 0 heterocycles. The molecule has 0 bridgehead atoms. The van der Waals surface area contributed by atoms with Crippen LogP contribution in [-0.4, -0.2) is 80.6 Å². The fraction of sp³-hybridized carbons (Fsp3) is 0.750. The maximum atomic E-state index is 12.7. The Balaban J connectivity index is 4.36. The Hall–Kier alpha value is -2.71. The van der Waals surface area contributed by atoms with Crippen molar-refractivity contribution in [3.63, 3.8) is 0 Å². The van der Waals surface area contributed by atoms with Gasteiger partial charge in [0, 0.05) is 19.3 Å². The van der Waals surface area contributed by atoms with E-state index in [0.717, 1.165) is 77.0 Å². The maximum Gasteiger partial charge on any atom is 0.362 e. The molecule has 2 unspecified atom stereocenters. The number of unbranched alkanes of at least 4 members (excludes halogenated alkanes) is 14. The Bertz CT molecular complexity index is 995. The minimum absolute atomic E-state index is 0.0554. The van der Waals surface area contributed by atoms with Crippen LogP contribution in [0.5, 0.6) is 0 Å². The summed E-state index contributed by atoms with van der Waals surface area (Å²) in [6.45, 7) is 4.58. The zero-order valence-corrected chi connectivity index (χ0v) is 34.0. The third-order valence-electron chi connectivity index (χ3n) is 8.99. The average Bonchev–Trinajstić information content (AvgIpc) is 3.09.